The van der Waals surface area contributed by atoms with E-state index in [9.17, 15) is 4.79 Å². The molecule has 34 heavy (non-hydrogen) atoms. The number of rotatable bonds is 6. The summed E-state index contributed by atoms with van der Waals surface area (Å²) < 4.78 is 15.3. The van der Waals surface area contributed by atoms with E-state index in [1.165, 1.54) is 0 Å². The summed E-state index contributed by atoms with van der Waals surface area (Å²) in [5.74, 6) is 1.81. The molecule has 0 aliphatic rings. The topological polar surface area (TPSA) is 70.7 Å². The van der Waals surface area contributed by atoms with Crippen LogP contribution in [0.15, 0.2) is 54.7 Å². The molecule has 0 saturated carbocycles. The van der Waals surface area contributed by atoms with Crippen LogP contribution < -0.4 is 9.47 Å². The third kappa shape index (κ3) is 3.67. The Labute approximate surface area is 198 Å². The molecule has 0 N–H and O–H groups in total. The molecule has 2 aromatic carbocycles. The Morgan fingerprint density at radius 1 is 0.971 bits per heavy atom. The summed E-state index contributed by atoms with van der Waals surface area (Å²) in [6, 6.07) is 15.9. The van der Waals surface area contributed by atoms with Crippen molar-refractivity contribution in [3.8, 4) is 11.5 Å². The van der Waals surface area contributed by atoms with Crippen molar-refractivity contribution in [2.75, 3.05) is 7.11 Å². The number of imidazole rings is 1. The van der Waals surface area contributed by atoms with E-state index in [1.54, 1.807) is 7.11 Å². The second-order valence-corrected chi connectivity index (χ2v) is 9.13. The van der Waals surface area contributed by atoms with Gasteiger partial charge in [-0.15, -0.1) is 0 Å². The molecule has 0 aliphatic heterocycles. The van der Waals surface area contributed by atoms with Crippen molar-refractivity contribution < 1.29 is 14.3 Å². The van der Waals surface area contributed by atoms with Gasteiger partial charge < -0.3 is 14.0 Å². The average Bonchev–Trinajstić information content (AvgIpc) is 3.37. The quantitative estimate of drug-likeness (QED) is 0.312. The standard InChI is InChI=1S/C27H28N4O3/c1-16(2)24-29-25-23(26-28-20-8-6-7-9-21(20)31(24)26)22(34-27(32)17(3)4)15-30(25)14-18-10-12-19(33-5)13-11-18/h6-13,15-17H,14H2,1-5H3. The van der Waals surface area contributed by atoms with Crippen LogP contribution in [0.25, 0.3) is 27.7 Å². The number of esters is 1. The van der Waals surface area contributed by atoms with Crippen LogP contribution in [0.3, 0.4) is 0 Å². The van der Waals surface area contributed by atoms with Crippen molar-refractivity contribution >= 4 is 33.7 Å². The van der Waals surface area contributed by atoms with Gasteiger partial charge in [0.15, 0.2) is 11.4 Å². The van der Waals surface area contributed by atoms with E-state index >= 15 is 0 Å². The van der Waals surface area contributed by atoms with Gasteiger partial charge in [0, 0.05) is 18.7 Å². The van der Waals surface area contributed by atoms with Gasteiger partial charge in [-0.05, 0) is 29.8 Å². The number of hydrogen-bond acceptors (Lipinski definition) is 5. The van der Waals surface area contributed by atoms with Crippen LogP contribution in [0.2, 0.25) is 0 Å². The molecular weight excluding hydrogens is 428 g/mol. The van der Waals surface area contributed by atoms with Crippen molar-refractivity contribution in [1.82, 2.24) is 18.9 Å². The predicted octanol–water partition coefficient (Wildman–Crippen LogP) is 5.58. The fourth-order valence-corrected chi connectivity index (χ4v) is 4.17. The molecule has 7 heteroatoms. The highest BCUT2D eigenvalue weighted by atomic mass is 16.5. The minimum atomic E-state index is -0.286. The molecule has 0 aliphatic carbocycles. The van der Waals surface area contributed by atoms with E-state index in [-0.39, 0.29) is 17.8 Å². The van der Waals surface area contributed by atoms with Crippen LogP contribution >= 0.6 is 0 Å². The van der Waals surface area contributed by atoms with Crippen molar-refractivity contribution in [2.24, 2.45) is 5.92 Å². The fraction of sp³-hybridized carbons (Fsp3) is 0.296. The molecule has 0 radical (unpaired) electrons. The summed E-state index contributed by atoms with van der Waals surface area (Å²) in [4.78, 5) is 22.6. The molecule has 0 saturated heterocycles. The smallest absolute Gasteiger partial charge is 0.313 e. The summed E-state index contributed by atoms with van der Waals surface area (Å²) in [7, 11) is 1.65. The number of benzene rings is 2. The Bertz CT molecular complexity index is 1510. The number of nitrogens with zero attached hydrogens (tertiary/aromatic N) is 4. The SMILES string of the molecule is COc1ccc(Cn2cc(OC(=O)C(C)C)c3c2nc(C(C)C)n2c4ccccc4nc32)cc1. The second-order valence-electron chi connectivity index (χ2n) is 9.13. The average molecular weight is 457 g/mol. The third-order valence-electron chi connectivity index (χ3n) is 5.96. The van der Waals surface area contributed by atoms with E-state index in [0.29, 0.717) is 12.3 Å². The van der Waals surface area contributed by atoms with E-state index in [2.05, 4.69) is 18.2 Å². The molecule has 0 unspecified atom stereocenters. The Kier molecular flexibility index (Phi) is 5.48. The van der Waals surface area contributed by atoms with Crippen LogP contribution in [-0.2, 0) is 11.3 Å². The van der Waals surface area contributed by atoms with Gasteiger partial charge in [0.2, 0.25) is 0 Å². The highest BCUT2D eigenvalue weighted by Crippen LogP contribution is 2.35. The van der Waals surface area contributed by atoms with Gasteiger partial charge in [-0.1, -0.05) is 52.0 Å². The maximum absolute atomic E-state index is 12.6. The van der Waals surface area contributed by atoms with Crippen molar-refractivity contribution in [1.29, 1.82) is 0 Å². The zero-order chi connectivity index (χ0) is 24.0. The summed E-state index contributed by atoms with van der Waals surface area (Å²) in [5, 5.41) is 0.739. The van der Waals surface area contributed by atoms with Gasteiger partial charge in [-0.2, -0.15) is 0 Å². The predicted molar refractivity (Wildman–Crippen MR) is 133 cm³/mol. The minimum absolute atomic E-state index is 0.163. The van der Waals surface area contributed by atoms with Crippen LogP contribution in [-0.4, -0.2) is 32.0 Å². The van der Waals surface area contributed by atoms with Crippen molar-refractivity contribution in [2.45, 2.75) is 40.2 Å². The second kappa shape index (κ2) is 8.48. The number of para-hydroxylation sites is 2. The van der Waals surface area contributed by atoms with E-state index < -0.39 is 0 Å². The highest BCUT2D eigenvalue weighted by molar-refractivity contribution is 6.01. The number of carbonyl (C=O) groups is 1. The lowest BCUT2D eigenvalue weighted by Gasteiger charge is -2.12. The van der Waals surface area contributed by atoms with E-state index in [1.807, 2.05) is 73.1 Å². The molecule has 174 valence electrons. The minimum Gasteiger partial charge on any atom is -0.497 e. The van der Waals surface area contributed by atoms with Gasteiger partial charge >= 0.3 is 5.97 Å². The molecule has 0 fully saturated rings. The van der Waals surface area contributed by atoms with Crippen molar-refractivity contribution in [3.63, 3.8) is 0 Å². The third-order valence-corrected chi connectivity index (χ3v) is 5.96. The van der Waals surface area contributed by atoms with Crippen LogP contribution in [0.4, 0.5) is 0 Å². The van der Waals surface area contributed by atoms with Gasteiger partial charge in [-0.25, -0.2) is 9.97 Å². The summed E-state index contributed by atoms with van der Waals surface area (Å²) >= 11 is 0. The molecule has 0 bridgehead atoms. The summed E-state index contributed by atoms with van der Waals surface area (Å²) in [5.41, 5.74) is 4.44. The monoisotopic (exact) mass is 456 g/mol. The van der Waals surface area contributed by atoms with Gasteiger partial charge in [0.05, 0.1) is 24.1 Å². The first kappa shape index (κ1) is 21.9. The number of aromatic nitrogens is 4. The first-order chi connectivity index (χ1) is 16.4. The largest absolute Gasteiger partial charge is 0.497 e. The Hall–Kier alpha value is -3.87. The maximum Gasteiger partial charge on any atom is 0.313 e. The van der Waals surface area contributed by atoms with Gasteiger partial charge in [-0.3, -0.25) is 9.20 Å². The normalized spacial score (nSPS) is 11.9. The molecule has 3 heterocycles. The molecule has 5 rings (SSSR count). The molecule has 0 spiro atoms. The van der Waals surface area contributed by atoms with Crippen molar-refractivity contribution in [3.05, 3.63) is 66.1 Å². The number of fused-ring (bicyclic) bond motifs is 5. The zero-order valence-electron chi connectivity index (χ0n) is 20.1. The molecule has 3 aromatic heterocycles. The molecule has 5 aromatic rings. The van der Waals surface area contributed by atoms with Crippen LogP contribution in [0, 0.1) is 5.92 Å². The lowest BCUT2D eigenvalue weighted by atomic mass is 10.2. The van der Waals surface area contributed by atoms with Crippen LogP contribution in [0.5, 0.6) is 11.5 Å². The highest BCUT2D eigenvalue weighted by Gasteiger charge is 2.24. The Morgan fingerprint density at radius 2 is 1.71 bits per heavy atom. The van der Waals surface area contributed by atoms with E-state index in [0.717, 1.165) is 44.9 Å². The zero-order valence-corrected chi connectivity index (χ0v) is 20.1. The number of hydrogen-bond donors (Lipinski definition) is 0. The van der Waals surface area contributed by atoms with Gasteiger partial charge in [0.1, 0.15) is 22.6 Å². The molecule has 7 nitrogen and oxygen atoms in total. The fourth-order valence-electron chi connectivity index (χ4n) is 4.17. The molecule has 0 atom stereocenters. The Morgan fingerprint density at radius 3 is 2.38 bits per heavy atom. The lowest BCUT2D eigenvalue weighted by molar-refractivity contribution is -0.137. The Balaban J connectivity index is 1.79. The van der Waals surface area contributed by atoms with Gasteiger partial charge in [0.25, 0.3) is 0 Å². The molecule has 0 amide bonds. The first-order valence-corrected chi connectivity index (χ1v) is 11.5. The summed E-state index contributed by atoms with van der Waals surface area (Å²) in [6.45, 7) is 8.47. The van der Waals surface area contributed by atoms with Crippen LogP contribution in [0.1, 0.15) is 45.0 Å². The number of methoxy groups -OCH3 is 1. The number of carbonyl (C=O) groups excluding carboxylic acids is 1. The number of ether oxygens (including phenoxy) is 2. The first-order valence-electron chi connectivity index (χ1n) is 11.5. The lowest BCUT2D eigenvalue weighted by Crippen LogP contribution is -2.14. The summed E-state index contributed by atoms with van der Waals surface area (Å²) in [6.07, 6.45) is 1.87. The maximum atomic E-state index is 12.6. The van der Waals surface area contributed by atoms with E-state index in [4.69, 9.17) is 19.4 Å². The molecular formula is C27H28N4O3.